The van der Waals surface area contributed by atoms with Gasteiger partial charge >= 0.3 is 0 Å². The van der Waals surface area contributed by atoms with Crippen molar-refractivity contribution in [2.75, 3.05) is 16.8 Å². The lowest BCUT2D eigenvalue weighted by Gasteiger charge is -2.30. The fourth-order valence-electron chi connectivity index (χ4n) is 3.12. The number of nitrogens with one attached hydrogen (secondary N) is 1. The topological polar surface area (TPSA) is 53.9 Å². The Morgan fingerprint density at radius 2 is 1.92 bits per heavy atom. The van der Waals surface area contributed by atoms with E-state index in [2.05, 4.69) is 68.5 Å². The molecule has 0 saturated carbocycles. The zero-order chi connectivity index (χ0) is 17.1. The highest BCUT2D eigenvalue weighted by Crippen LogP contribution is 2.26. The number of hydrogen-bond acceptors (Lipinski definition) is 5. The van der Waals surface area contributed by atoms with E-state index >= 15 is 0 Å². The number of benzene rings is 1. The Bertz CT molecular complexity index is 846. The average molecular weight is 331 g/mol. The molecule has 0 saturated heterocycles. The second-order valence-electron chi connectivity index (χ2n) is 6.35. The molecule has 1 N–H and O–H groups in total. The number of nitrogens with zero attached hydrogens (tertiary/aromatic N) is 4. The highest BCUT2D eigenvalue weighted by atomic mass is 15.2. The molecule has 126 valence electrons. The van der Waals surface area contributed by atoms with Gasteiger partial charge in [0, 0.05) is 37.8 Å². The standard InChI is InChI=1S/C20H21N5/c1-15-7-8-19(21-11-15)25-10-9-18-17(13-25)20(24-14-23-18)22-12-16-5-3-2-4-6-16/h2-8,11,14H,9-10,12-13H2,1H3,(H,22,23,24). The number of fused-ring (bicyclic) bond motifs is 1. The largest absolute Gasteiger partial charge is 0.366 e. The molecule has 25 heavy (non-hydrogen) atoms. The van der Waals surface area contributed by atoms with Crippen molar-refractivity contribution < 1.29 is 0 Å². The second kappa shape index (κ2) is 6.89. The number of aryl methyl sites for hydroxylation is 1. The molecule has 5 nitrogen and oxygen atoms in total. The Morgan fingerprint density at radius 1 is 1.04 bits per heavy atom. The molecule has 2 aromatic heterocycles. The Morgan fingerprint density at radius 3 is 2.72 bits per heavy atom. The quantitative estimate of drug-likeness (QED) is 0.794. The SMILES string of the molecule is Cc1ccc(N2CCc3ncnc(NCc4ccccc4)c3C2)nc1. The Labute approximate surface area is 147 Å². The van der Waals surface area contributed by atoms with Crippen molar-refractivity contribution in [1.82, 2.24) is 15.0 Å². The lowest BCUT2D eigenvalue weighted by atomic mass is 10.1. The van der Waals surface area contributed by atoms with Crippen LogP contribution in [0.15, 0.2) is 55.0 Å². The number of rotatable bonds is 4. The summed E-state index contributed by atoms with van der Waals surface area (Å²) in [4.78, 5) is 15.8. The van der Waals surface area contributed by atoms with Crippen molar-refractivity contribution in [2.45, 2.75) is 26.4 Å². The van der Waals surface area contributed by atoms with Gasteiger partial charge in [0.1, 0.15) is 18.0 Å². The maximum atomic E-state index is 4.56. The van der Waals surface area contributed by atoms with E-state index < -0.39 is 0 Å². The van der Waals surface area contributed by atoms with Crippen molar-refractivity contribution in [1.29, 1.82) is 0 Å². The summed E-state index contributed by atoms with van der Waals surface area (Å²) in [6, 6.07) is 14.6. The van der Waals surface area contributed by atoms with Crippen molar-refractivity contribution >= 4 is 11.6 Å². The highest BCUT2D eigenvalue weighted by molar-refractivity contribution is 5.52. The fourth-order valence-corrected chi connectivity index (χ4v) is 3.12. The lowest BCUT2D eigenvalue weighted by molar-refractivity contribution is 0.697. The molecule has 1 aromatic carbocycles. The molecule has 4 rings (SSSR count). The minimum Gasteiger partial charge on any atom is -0.366 e. The number of hydrogen-bond donors (Lipinski definition) is 1. The third kappa shape index (κ3) is 3.45. The van der Waals surface area contributed by atoms with Gasteiger partial charge in [-0.2, -0.15) is 0 Å². The Balaban J connectivity index is 1.55. The zero-order valence-corrected chi connectivity index (χ0v) is 14.3. The summed E-state index contributed by atoms with van der Waals surface area (Å²) >= 11 is 0. The normalized spacial score (nSPS) is 13.4. The Hall–Kier alpha value is -2.95. The van der Waals surface area contributed by atoms with Crippen LogP contribution in [0.5, 0.6) is 0 Å². The van der Waals surface area contributed by atoms with Gasteiger partial charge in [0.05, 0.1) is 5.69 Å². The average Bonchev–Trinajstić information content (AvgIpc) is 2.67. The van der Waals surface area contributed by atoms with E-state index in [4.69, 9.17) is 0 Å². The van der Waals surface area contributed by atoms with Crippen LogP contribution < -0.4 is 10.2 Å². The summed E-state index contributed by atoms with van der Waals surface area (Å²) in [5, 5.41) is 3.47. The number of pyridine rings is 1. The van der Waals surface area contributed by atoms with E-state index in [0.717, 1.165) is 43.4 Å². The van der Waals surface area contributed by atoms with Gasteiger partial charge < -0.3 is 10.2 Å². The first-order chi connectivity index (χ1) is 12.3. The van der Waals surface area contributed by atoms with E-state index in [-0.39, 0.29) is 0 Å². The van der Waals surface area contributed by atoms with Crippen LogP contribution in [0.4, 0.5) is 11.6 Å². The number of anilines is 2. The van der Waals surface area contributed by atoms with E-state index in [9.17, 15) is 0 Å². The highest BCUT2D eigenvalue weighted by Gasteiger charge is 2.21. The van der Waals surface area contributed by atoms with Gasteiger partial charge in [0.2, 0.25) is 0 Å². The molecule has 1 aliphatic rings. The van der Waals surface area contributed by atoms with Crippen LogP contribution in [-0.2, 0) is 19.5 Å². The summed E-state index contributed by atoms with van der Waals surface area (Å²) < 4.78 is 0. The molecule has 1 aliphatic heterocycles. The van der Waals surface area contributed by atoms with Gasteiger partial charge in [-0.1, -0.05) is 36.4 Å². The molecule has 0 spiro atoms. The third-order valence-corrected chi connectivity index (χ3v) is 4.52. The van der Waals surface area contributed by atoms with Gasteiger partial charge in [0.25, 0.3) is 0 Å². The number of aromatic nitrogens is 3. The monoisotopic (exact) mass is 331 g/mol. The van der Waals surface area contributed by atoms with Crippen LogP contribution in [-0.4, -0.2) is 21.5 Å². The molecule has 3 heterocycles. The predicted octanol–water partition coefficient (Wildman–Crippen LogP) is 3.35. The zero-order valence-electron chi connectivity index (χ0n) is 14.3. The van der Waals surface area contributed by atoms with Crippen LogP contribution in [0.25, 0.3) is 0 Å². The summed E-state index contributed by atoms with van der Waals surface area (Å²) in [7, 11) is 0. The van der Waals surface area contributed by atoms with E-state index in [1.165, 1.54) is 16.7 Å². The maximum absolute atomic E-state index is 4.56. The minimum absolute atomic E-state index is 0.757. The molecule has 0 aliphatic carbocycles. The van der Waals surface area contributed by atoms with Crippen molar-refractivity contribution in [3.05, 3.63) is 77.4 Å². The van der Waals surface area contributed by atoms with Gasteiger partial charge in [-0.3, -0.25) is 0 Å². The summed E-state index contributed by atoms with van der Waals surface area (Å²) in [6.45, 7) is 4.52. The predicted molar refractivity (Wildman–Crippen MR) is 99.5 cm³/mol. The molecule has 0 bridgehead atoms. The minimum atomic E-state index is 0.757. The van der Waals surface area contributed by atoms with Gasteiger partial charge in [0.15, 0.2) is 0 Å². The third-order valence-electron chi connectivity index (χ3n) is 4.52. The van der Waals surface area contributed by atoms with Crippen LogP contribution in [0.3, 0.4) is 0 Å². The fraction of sp³-hybridized carbons (Fsp3) is 0.250. The molecule has 0 unspecified atom stereocenters. The summed E-state index contributed by atoms with van der Waals surface area (Å²) in [5.74, 6) is 1.93. The van der Waals surface area contributed by atoms with E-state index in [1.54, 1.807) is 6.33 Å². The van der Waals surface area contributed by atoms with E-state index in [1.807, 2.05) is 12.3 Å². The second-order valence-corrected chi connectivity index (χ2v) is 6.35. The first kappa shape index (κ1) is 15.6. The van der Waals surface area contributed by atoms with Crippen LogP contribution in [0, 0.1) is 6.92 Å². The lowest BCUT2D eigenvalue weighted by Crippen LogP contribution is -2.32. The summed E-state index contributed by atoms with van der Waals surface area (Å²) in [5.41, 5.74) is 4.72. The van der Waals surface area contributed by atoms with Gasteiger partial charge in [-0.15, -0.1) is 0 Å². The smallest absolute Gasteiger partial charge is 0.134 e. The Kier molecular flexibility index (Phi) is 4.29. The van der Waals surface area contributed by atoms with Crippen molar-refractivity contribution in [3.8, 4) is 0 Å². The van der Waals surface area contributed by atoms with Crippen molar-refractivity contribution in [2.24, 2.45) is 0 Å². The molecule has 5 heteroatoms. The molecule has 0 amide bonds. The maximum Gasteiger partial charge on any atom is 0.134 e. The first-order valence-corrected chi connectivity index (χ1v) is 8.58. The van der Waals surface area contributed by atoms with Gasteiger partial charge in [-0.05, 0) is 24.1 Å². The van der Waals surface area contributed by atoms with Crippen LogP contribution in [0.2, 0.25) is 0 Å². The first-order valence-electron chi connectivity index (χ1n) is 8.58. The van der Waals surface area contributed by atoms with Crippen molar-refractivity contribution in [3.63, 3.8) is 0 Å². The molecular formula is C20H21N5. The molecule has 0 atom stereocenters. The van der Waals surface area contributed by atoms with Crippen LogP contribution in [0.1, 0.15) is 22.4 Å². The van der Waals surface area contributed by atoms with E-state index in [0.29, 0.717) is 0 Å². The molecule has 0 radical (unpaired) electrons. The molecular weight excluding hydrogens is 310 g/mol. The molecule has 0 fully saturated rings. The molecule has 3 aromatic rings. The van der Waals surface area contributed by atoms with Crippen LogP contribution >= 0.6 is 0 Å². The van der Waals surface area contributed by atoms with Gasteiger partial charge in [-0.25, -0.2) is 15.0 Å². The summed E-state index contributed by atoms with van der Waals surface area (Å²) in [6.07, 6.45) is 4.49.